The molecule has 7 nitrogen and oxygen atoms in total. The maximum Gasteiger partial charge on any atom is 0.251 e. The topological polar surface area (TPSA) is 88.9 Å². The minimum Gasteiger partial charge on any atom is -0.342 e. The first-order valence-corrected chi connectivity index (χ1v) is 12.7. The van der Waals surface area contributed by atoms with E-state index in [9.17, 15) is 9.59 Å². The van der Waals surface area contributed by atoms with E-state index in [1.54, 1.807) is 18.2 Å². The summed E-state index contributed by atoms with van der Waals surface area (Å²) in [6, 6.07) is 14.7. The zero-order chi connectivity index (χ0) is 25.4. The van der Waals surface area contributed by atoms with Crippen LogP contribution in [0.3, 0.4) is 0 Å². The van der Waals surface area contributed by atoms with Crippen LogP contribution in [0.25, 0.3) is 0 Å². The number of carbonyl (C=O) groups excluding carboxylic acids is 2. The average Bonchev–Trinajstić information content (AvgIpc) is 3.22. The molecule has 0 aliphatic carbocycles. The van der Waals surface area contributed by atoms with Crippen LogP contribution < -0.4 is 10.6 Å². The highest BCUT2D eigenvalue weighted by atomic mass is 32.2. The fraction of sp³-hybridized carbons (Fsp3) is 0.333. The maximum absolute atomic E-state index is 12.9. The number of anilines is 1. The van der Waals surface area contributed by atoms with Gasteiger partial charge in [-0.1, -0.05) is 68.1 Å². The Bertz CT molecular complexity index is 1150. The number of aryl methyl sites for hydroxylation is 2. The molecule has 1 heterocycles. The second kappa shape index (κ2) is 12.4. The molecule has 0 saturated heterocycles. The Morgan fingerprint density at radius 3 is 2.37 bits per heavy atom. The fourth-order valence-electron chi connectivity index (χ4n) is 3.81. The third-order valence-electron chi connectivity index (χ3n) is 5.50. The molecule has 35 heavy (non-hydrogen) atoms. The normalized spacial score (nSPS) is 11.8. The highest BCUT2D eigenvalue weighted by Crippen LogP contribution is 2.26. The van der Waals surface area contributed by atoms with E-state index in [2.05, 4.69) is 41.3 Å². The molecule has 184 valence electrons. The number of amides is 2. The van der Waals surface area contributed by atoms with Crippen LogP contribution in [0.2, 0.25) is 0 Å². The maximum atomic E-state index is 12.9. The van der Waals surface area contributed by atoms with Crippen molar-refractivity contribution >= 4 is 29.3 Å². The van der Waals surface area contributed by atoms with Gasteiger partial charge < -0.3 is 15.2 Å². The number of benzene rings is 2. The van der Waals surface area contributed by atoms with Crippen molar-refractivity contribution in [3.8, 4) is 0 Å². The van der Waals surface area contributed by atoms with Gasteiger partial charge in [-0.2, -0.15) is 0 Å². The monoisotopic (exact) mass is 491 g/mol. The van der Waals surface area contributed by atoms with Crippen molar-refractivity contribution in [3.05, 3.63) is 83.7 Å². The molecule has 8 heteroatoms. The fourth-order valence-corrected chi connectivity index (χ4v) is 4.57. The van der Waals surface area contributed by atoms with Crippen LogP contribution in [0.15, 0.2) is 66.3 Å². The van der Waals surface area contributed by atoms with Crippen molar-refractivity contribution in [3.63, 3.8) is 0 Å². The van der Waals surface area contributed by atoms with Gasteiger partial charge in [-0.3, -0.25) is 9.59 Å². The standard InChI is InChI=1S/C27H33N5O2S/c1-6-15-32-25(22(16-18(2)3)28-26(34)21-13-8-7-9-14-21)30-31-27(32)35-17-23(33)29-24-19(4)11-10-12-20(24)5/h6-14,18,22H,1,15-17H2,2-5H3,(H,28,34)(H,29,33). The van der Waals surface area contributed by atoms with Crippen LogP contribution in [-0.2, 0) is 11.3 Å². The van der Waals surface area contributed by atoms with Crippen molar-refractivity contribution in [2.24, 2.45) is 5.92 Å². The highest BCUT2D eigenvalue weighted by Gasteiger charge is 2.25. The SMILES string of the molecule is C=CCn1c(SCC(=O)Nc2c(C)cccc2C)nnc1C(CC(C)C)NC(=O)c1ccccc1. The lowest BCUT2D eigenvalue weighted by atomic mass is 10.0. The molecule has 0 spiro atoms. The predicted octanol–water partition coefficient (Wildman–Crippen LogP) is 5.33. The van der Waals surface area contributed by atoms with Crippen LogP contribution in [-0.4, -0.2) is 32.3 Å². The summed E-state index contributed by atoms with van der Waals surface area (Å²) in [5, 5.41) is 15.5. The third kappa shape index (κ3) is 7.05. The second-order valence-corrected chi connectivity index (χ2v) is 9.81. The van der Waals surface area contributed by atoms with Gasteiger partial charge in [-0.05, 0) is 49.4 Å². The molecule has 1 unspecified atom stereocenters. The smallest absolute Gasteiger partial charge is 0.251 e. The van der Waals surface area contributed by atoms with Gasteiger partial charge in [0.15, 0.2) is 11.0 Å². The van der Waals surface area contributed by atoms with Gasteiger partial charge in [0.25, 0.3) is 5.91 Å². The van der Waals surface area contributed by atoms with Crippen molar-refractivity contribution < 1.29 is 9.59 Å². The Kier molecular flexibility index (Phi) is 9.25. The van der Waals surface area contributed by atoms with Crippen LogP contribution in [0.5, 0.6) is 0 Å². The Morgan fingerprint density at radius 2 is 1.74 bits per heavy atom. The molecule has 1 aromatic heterocycles. The molecule has 2 amide bonds. The quantitative estimate of drug-likeness (QED) is 0.280. The molecule has 2 aromatic carbocycles. The van der Waals surface area contributed by atoms with Gasteiger partial charge in [0, 0.05) is 17.8 Å². The van der Waals surface area contributed by atoms with Gasteiger partial charge in [0.2, 0.25) is 5.91 Å². The number of nitrogens with one attached hydrogen (secondary N) is 2. The highest BCUT2D eigenvalue weighted by molar-refractivity contribution is 7.99. The number of allylic oxidation sites excluding steroid dienone is 1. The van der Waals surface area contributed by atoms with E-state index in [0.717, 1.165) is 16.8 Å². The van der Waals surface area contributed by atoms with E-state index < -0.39 is 0 Å². The van der Waals surface area contributed by atoms with Gasteiger partial charge in [0.1, 0.15) is 0 Å². The largest absolute Gasteiger partial charge is 0.342 e. The second-order valence-electron chi connectivity index (χ2n) is 8.87. The summed E-state index contributed by atoms with van der Waals surface area (Å²) in [4.78, 5) is 25.6. The molecule has 0 fully saturated rings. The Balaban J connectivity index is 1.77. The van der Waals surface area contributed by atoms with Crippen LogP contribution in [0, 0.1) is 19.8 Å². The van der Waals surface area contributed by atoms with Gasteiger partial charge >= 0.3 is 0 Å². The summed E-state index contributed by atoms with van der Waals surface area (Å²) in [6.07, 6.45) is 2.46. The lowest BCUT2D eigenvalue weighted by Gasteiger charge is -2.21. The summed E-state index contributed by atoms with van der Waals surface area (Å²) in [5.74, 6) is 0.892. The van der Waals surface area contributed by atoms with Crippen molar-refractivity contribution in [1.29, 1.82) is 0 Å². The van der Waals surface area contributed by atoms with E-state index >= 15 is 0 Å². The van der Waals surface area contributed by atoms with Crippen molar-refractivity contribution in [2.45, 2.75) is 51.9 Å². The van der Waals surface area contributed by atoms with Crippen LogP contribution in [0.1, 0.15) is 53.6 Å². The summed E-state index contributed by atoms with van der Waals surface area (Å²) in [6.45, 7) is 12.5. The van der Waals surface area contributed by atoms with Gasteiger partial charge in [0.05, 0.1) is 11.8 Å². The number of carbonyl (C=O) groups is 2. The van der Waals surface area contributed by atoms with E-state index in [4.69, 9.17) is 0 Å². The number of nitrogens with zero attached hydrogens (tertiary/aromatic N) is 3. The van der Waals surface area contributed by atoms with Crippen LogP contribution in [0.4, 0.5) is 5.69 Å². The van der Waals surface area contributed by atoms with E-state index in [0.29, 0.717) is 35.4 Å². The first-order chi connectivity index (χ1) is 16.8. The molecular weight excluding hydrogens is 458 g/mol. The average molecular weight is 492 g/mol. The number of aromatic nitrogens is 3. The Morgan fingerprint density at radius 1 is 1.06 bits per heavy atom. The molecule has 2 N–H and O–H groups in total. The number of hydrogen-bond donors (Lipinski definition) is 2. The van der Waals surface area contributed by atoms with Crippen molar-refractivity contribution in [2.75, 3.05) is 11.1 Å². The first-order valence-electron chi connectivity index (χ1n) is 11.7. The third-order valence-corrected chi connectivity index (χ3v) is 6.46. The summed E-state index contributed by atoms with van der Waals surface area (Å²) in [5.41, 5.74) is 3.47. The predicted molar refractivity (Wildman–Crippen MR) is 142 cm³/mol. The Hall–Kier alpha value is -3.39. The summed E-state index contributed by atoms with van der Waals surface area (Å²) < 4.78 is 1.92. The molecule has 1 atom stereocenters. The van der Waals surface area contributed by atoms with Gasteiger partial charge in [-0.25, -0.2) is 0 Å². The summed E-state index contributed by atoms with van der Waals surface area (Å²) in [7, 11) is 0. The minimum absolute atomic E-state index is 0.113. The molecular formula is C27H33N5O2S. The number of para-hydroxylation sites is 1. The van der Waals surface area contributed by atoms with Gasteiger partial charge in [-0.15, -0.1) is 16.8 Å². The lowest BCUT2D eigenvalue weighted by molar-refractivity contribution is -0.113. The zero-order valence-electron chi connectivity index (χ0n) is 20.7. The zero-order valence-corrected chi connectivity index (χ0v) is 21.6. The van der Waals surface area contributed by atoms with E-state index in [-0.39, 0.29) is 23.6 Å². The molecule has 0 aliphatic rings. The molecule has 3 aromatic rings. The number of thioether (sulfide) groups is 1. The number of rotatable bonds is 11. The summed E-state index contributed by atoms with van der Waals surface area (Å²) >= 11 is 1.32. The molecule has 0 radical (unpaired) electrons. The van der Waals surface area contributed by atoms with E-state index in [1.807, 2.05) is 54.8 Å². The molecule has 0 saturated carbocycles. The lowest BCUT2D eigenvalue weighted by Crippen LogP contribution is -2.31. The first kappa shape index (κ1) is 26.2. The molecule has 0 bridgehead atoms. The molecule has 0 aliphatic heterocycles. The minimum atomic E-state index is -0.326. The Labute approximate surface area is 211 Å². The van der Waals surface area contributed by atoms with E-state index in [1.165, 1.54) is 11.8 Å². The van der Waals surface area contributed by atoms with Crippen LogP contribution >= 0.6 is 11.8 Å². The number of hydrogen-bond acceptors (Lipinski definition) is 5. The van der Waals surface area contributed by atoms with Crippen molar-refractivity contribution in [1.82, 2.24) is 20.1 Å². The molecule has 3 rings (SSSR count).